The first-order chi connectivity index (χ1) is 71.1. The Labute approximate surface area is 849 Å². The number of hydrogen-bond donors (Lipinski definition) is 0. The molecule has 0 saturated carbocycles. The van der Waals surface area contributed by atoms with Crippen molar-refractivity contribution in [3.8, 4) is 100 Å². The molecule has 5 nitrogen and oxygen atoms in total. The molecule has 22 aromatic carbocycles. The molecule has 25 aromatic rings. The summed E-state index contributed by atoms with van der Waals surface area (Å²) in [7, 11) is 0. The molecule has 0 amide bonds. The van der Waals surface area contributed by atoms with Crippen molar-refractivity contribution in [3.63, 3.8) is 0 Å². The Morgan fingerprint density at radius 3 is 0.779 bits per heavy atom. The predicted octanol–water partition coefficient (Wildman–Crippen LogP) is 39.7. The summed E-state index contributed by atoms with van der Waals surface area (Å²) in [5.41, 5.74) is 44.1. The van der Waals surface area contributed by atoms with Gasteiger partial charge in [-0.05, 0) is 278 Å². The fourth-order valence-electron chi connectivity index (χ4n) is 23.2. The lowest BCUT2D eigenvalue weighted by Gasteiger charge is -2.26. The highest BCUT2D eigenvalue weighted by molar-refractivity contribution is 7.26. The average molecular weight is 1880 g/mol. The number of fused-ring (bicyclic) bond motifs is 22. The summed E-state index contributed by atoms with van der Waals surface area (Å²) in [5.74, 6) is 0. The largest absolute Gasteiger partial charge is 0.456 e. The van der Waals surface area contributed by atoms with Crippen LogP contribution in [0.5, 0.6) is 0 Å². The zero-order chi connectivity index (χ0) is 97.2. The average Bonchev–Trinajstić information content (AvgIpc) is 1.56. The van der Waals surface area contributed by atoms with Crippen molar-refractivity contribution in [1.82, 2.24) is 0 Å². The first kappa shape index (κ1) is 87.6. The highest BCUT2D eigenvalue weighted by Gasteiger charge is 2.41. The Kier molecular flexibility index (Phi) is 21.5. The van der Waals surface area contributed by atoms with E-state index in [2.05, 4.69) is 560 Å². The first-order valence-electron chi connectivity index (χ1n) is 50.2. The number of rotatable bonds is 15. The third kappa shape index (κ3) is 15.3. The van der Waals surface area contributed by atoms with Crippen LogP contribution in [0.15, 0.2) is 512 Å². The molecule has 0 atom stereocenters. The lowest BCUT2D eigenvalue weighted by molar-refractivity contribution is 0.656. The van der Waals surface area contributed by atoms with E-state index in [9.17, 15) is 0 Å². The molecule has 6 heteroatoms. The maximum atomic E-state index is 6.69. The molecule has 0 radical (unpaired) electrons. The Bertz CT molecular complexity index is 8760. The van der Waals surface area contributed by atoms with E-state index in [0.29, 0.717) is 0 Å². The standard InChI is InChI=1S/C49H35NO.C45H33NO.C45H33NS/c1-49(2)43-15-9-8-14-41(43)47-44(49)28-29-45-48(47)42-27-26-40(31-46(42)51-45)50(38-22-18-34(19-23-38)32-10-4-3-5-11-32)39-24-20-35(21-25-39)37-17-16-33-12-6-7-13-36(33)30-37;2*1-45(2)39-16-10-9-15-37(39)43-40(45)27-28-41-44(43)38-26-25-36(29-42(38)47-41)46(34-21-17-32(18-22-34)30-11-5-3-6-12-30)35-23-19-33(20-24-35)31-13-7-4-8-14-31/h3-31H,1-2H3;2*3-29H,1-2H3. The second kappa shape index (κ2) is 35.5. The van der Waals surface area contributed by atoms with Gasteiger partial charge in [0, 0.05) is 121 Å². The molecule has 690 valence electrons. The lowest BCUT2D eigenvalue weighted by atomic mass is 9.82. The summed E-state index contributed by atoms with van der Waals surface area (Å²) in [6, 6.07) is 182. The Hall–Kier alpha value is -17.7. The van der Waals surface area contributed by atoms with Gasteiger partial charge in [0.05, 0.1) is 0 Å². The smallest absolute Gasteiger partial charge is 0.137 e. The van der Waals surface area contributed by atoms with E-state index in [1.54, 1.807) is 0 Å². The number of anilines is 9. The van der Waals surface area contributed by atoms with Crippen LogP contribution in [-0.4, -0.2) is 0 Å². The number of nitrogens with zero attached hydrogens (tertiary/aromatic N) is 3. The van der Waals surface area contributed by atoms with E-state index in [1.165, 1.54) is 175 Å². The minimum absolute atomic E-state index is 0.0110. The molecule has 3 heterocycles. The summed E-state index contributed by atoms with van der Waals surface area (Å²) in [6.45, 7) is 14.0. The van der Waals surface area contributed by atoms with Gasteiger partial charge >= 0.3 is 0 Å². The Morgan fingerprint density at radius 1 is 0.172 bits per heavy atom. The number of thiophene rings is 1. The van der Waals surface area contributed by atoms with Gasteiger partial charge in [-0.15, -0.1) is 11.3 Å². The molecule has 0 bridgehead atoms. The van der Waals surface area contributed by atoms with Crippen molar-refractivity contribution in [1.29, 1.82) is 0 Å². The third-order valence-corrected chi connectivity index (χ3v) is 31.8. The third-order valence-electron chi connectivity index (χ3n) is 30.6. The molecule has 0 fully saturated rings. The molecular weight excluding hydrogens is 1780 g/mol. The highest BCUT2D eigenvalue weighted by Crippen LogP contribution is 2.59. The summed E-state index contributed by atoms with van der Waals surface area (Å²) < 4.78 is 16.0. The summed E-state index contributed by atoms with van der Waals surface area (Å²) >= 11 is 1.90. The Balaban J connectivity index is 0.000000111. The summed E-state index contributed by atoms with van der Waals surface area (Å²) in [4.78, 5) is 7.03. The van der Waals surface area contributed by atoms with Gasteiger partial charge in [-0.2, -0.15) is 0 Å². The fourth-order valence-corrected chi connectivity index (χ4v) is 24.4. The van der Waals surface area contributed by atoms with E-state index < -0.39 is 0 Å². The van der Waals surface area contributed by atoms with E-state index in [0.717, 1.165) is 84.3 Å². The summed E-state index contributed by atoms with van der Waals surface area (Å²) in [5, 5.41) is 9.91. The van der Waals surface area contributed by atoms with Crippen LogP contribution in [0.1, 0.15) is 74.9 Å². The molecule has 0 unspecified atom stereocenters. The molecule has 0 saturated heterocycles. The van der Waals surface area contributed by atoms with Gasteiger partial charge in [0.15, 0.2) is 0 Å². The molecule has 3 aliphatic carbocycles. The van der Waals surface area contributed by atoms with Gasteiger partial charge in [0.1, 0.15) is 22.3 Å². The van der Waals surface area contributed by atoms with E-state index in [4.69, 9.17) is 8.83 Å². The second-order valence-electron chi connectivity index (χ2n) is 40.1. The van der Waals surface area contributed by atoms with Gasteiger partial charge in [-0.3, -0.25) is 0 Å². The zero-order valence-electron chi connectivity index (χ0n) is 81.5. The molecule has 0 aliphatic heterocycles. The number of furan rings is 2. The van der Waals surface area contributed by atoms with Crippen molar-refractivity contribution >= 4 is 137 Å². The molecule has 3 aromatic heterocycles. The van der Waals surface area contributed by atoms with Crippen molar-refractivity contribution in [2.24, 2.45) is 0 Å². The zero-order valence-corrected chi connectivity index (χ0v) is 82.3. The van der Waals surface area contributed by atoms with Crippen molar-refractivity contribution in [3.05, 3.63) is 537 Å². The maximum absolute atomic E-state index is 6.69. The fraction of sp³-hybridized carbons (Fsp3) is 0.0647. The van der Waals surface area contributed by atoms with Crippen LogP contribution in [0, 0.1) is 0 Å². The topological polar surface area (TPSA) is 36.0 Å². The van der Waals surface area contributed by atoms with Gasteiger partial charge in [0.2, 0.25) is 0 Å². The van der Waals surface area contributed by atoms with Crippen LogP contribution < -0.4 is 14.7 Å². The van der Waals surface area contributed by atoms with Gasteiger partial charge < -0.3 is 23.5 Å². The minimum Gasteiger partial charge on any atom is -0.456 e. The van der Waals surface area contributed by atoms with Crippen molar-refractivity contribution < 1.29 is 8.83 Å². The van der Waals surface area contributed by atoms with E-state index >= 15 is 0 Å². The van der Waals surface area contributed by atoms with Gasteiger partial charge in [-0.25, -0.2) is 0 Å². The van der Waals surface area contributed by atoms with Crippen LogP contribution in [0.2, 0.25) is 0 Å². The lowest BCUT2D eigenvalue weighted by Crippen LogP contribution is -2.14. The maximum Gasteiger partial charge on any atom is 0.137 e. The normalized spacial score (nSPS) is 13.1. The van der Waals surface area contributed by atoms with Crippen molar-refractivity contribution in [2.45, 2.75) is 57.8 Å². The Morgan fingerprint density at radius 2 is 0.434 bits per heavy atom. The van der Waals surface area contributed by atoms with Crippen LogP contribution >= 0.6 is 11.3 Å². The monoisotopic (exact) mass is 1880 g/mol. The van der Waals surface area contributed by atoms with Crippen LogP contribution in [-0.2, 0) is 16.2 Å². The highest BCUT2D eigenvalue weighted by atomic mass is 32.1. The SMILES string of the molecule is CC1(C)c2ccccc2-c2c1ccc1oc3cc(N(c4ccc(-c5ccccc5)cc4)c4ccc(-c5ccc6ccccc6c5)cc4)ccc3c21.CC1(C)c2ccccc2-c2c1ccc1oc3cc(N(c4ccc(-c5ccccc5)cc4)c4ccc(-c5ccccc5)cc4)ccc3c21.CC1(C)c2ccccc2-c2c1ccc1sc3cc(N(c4ccc(-c5ccccc5)cc4)c4ccc(-c5ccccc5)cc4)ccc3c21. The second-order valence-corrected chi connectivity index (χ2v) is 41.2. The quantitative estimate of drug-likeness (QED) is 0.102. The van der Waals surface area contributed by atoms with Crippen LogP contribution in [0.3, 0.4) is 0 Å². The molecule has 3 aliphatic rings. The summed E-state index contributed by atoms with van der Waals surface area (Å²) in [6.07, 6.45) is 0. The van der Waals surface area contributed by atoms with Gasteiger partial charge in [-0.1, -0.05) is 399 Å². The molecule has 0 N–H and O–H groups in total. The minimum atomic E-state index is -0.0641. The number of benzene rings is 22. The molecule has 28 rings (SSSR count). The molecule has 0 spiro atoms. The number of hydrogen-bond acceptors (Lipinski definition) is 6. The van der Waals surface area contributed by atoms with Crippen molar-refractivity contribution in [2.75, 3.05) is 14.7 Å². The van der Waals surface area contributed by atoms with Crippen LogP contribution in [0.4, 0.5) is 51.2 Å². The predicted molar refractivity (Wildman–Crippen MR) is 614 cm³/mol. The van der Waals surface area contributed by atoms with E-state index in [1.807, 2.05) is 11.3 Å². The molecular formula is C139H101N3O2S. The van der Waals surface area contributed by atoms with Gasteiger partial charge in [0.25, 0.3) is 0 Å². The first-order valence-corrected chi connectivity index (χ1v) is 51.0. The molecule has 145 heavy (non-hydrogen) atoms. The van der Waals surface area contributed by atoms with E-state index in [-0.39, 0.29) is 16.2 Å². The van der Waals surface area contributed by atoms with Crippen LogP contribution in [0.25, 0.3) is 175 Å².